The number of fused-ring (bicyclic) bond motifs is 5. The summed E-state index contributed by atoms with van der Waals surface area (Å²) in [6.07, 6.45) is 4.44. The second-order valence-electron chi connectivity index (χ2n) is 12.8. The molecule has 7 N–H and O–H groups in total. The van der Waals surface area contributed by atoms with E-state index in [2.05, 4.69) is 38.5 Å². The van der Waals surface area contributed by atoms with Crippen LogP contribution in [-0.2, 0) is 27.2 Å². The Morgan fingerprint density at radius 1 is 0.915 bits per heavy atom. The predicted octanol–water partition coefficient (Wildman–Crippen LogP) is 0.953. The molecule has 2 aromatic carbocycles. The number of rotatable bonds is 11. The minimum Gasteiger partial charge on any atom is -0.508 e. The molecule has 2 aromatic rings. The molecule has 0 saturated carbocycles. The maximum atomic E-state index is 14.5. The topological polar surface area (TPSA) is 158 Å². The fourth-order valence-electron chi connectivity index (χ4n) is 6.51. The van der Waals surface area contributed by atoms with Crippen molar-refractivity contribution in [1.29, 1.82) is 0 Å². The monoisotopic (exact) mass is 651 g/mol. The van der Waals surface area contributed by atoms with Gasteiger partial charge in [-0.05, 0) is 113 Å². The number of piperidine rings is 1. The zero-order valence-corrected chi connectivity index (χ0v) is 28.3. The molecule has 47 heavy (non-hydrogen) atoms. The third-order valence-electron chi connectivity index (χ3n) is 9.47. The zero-order valence-electron chi connectivity index (χ0n) is 28.3. The molecule has 0 spiro atoms. The summed E-state index contributed by atoms with van der Waals surface area (Å²) in [5.41, 5.74) is 2.64. The van der Waals surface area contributed by atoms with Crippen LogP contribution >= 0.6 is 0 Å². The molecule has 4 rings (SSSR count). The number of benzene rings is 2. The Bertz CT molecular complexity index is 1370. The highest BCUT2D eigenvalue weighted by Crippen LogP contribution is 2.31. The van der Waals surface area contributed by atoms with Crippen molar-refractivity contribution >= 4 is 17.7 Å². The van der Waals surface area contributed by atoms with Gasteiger partial charge in [-0.1, -0.05) is 18.6 Å². The van der Waals surface area contributed by atoms with Crippen LogP contribution in [-0.4, -0.2) is 123 Å². The normalized spacial score (nSPS) is 22.5. The summed E-state index contributed by atoms with van der Waals surface area (Å²) in [5.74, 6) is -0.993. The van der Waals surface area contributed by atoms with Crippen molar-refractivity contribution in [2.24, 2.45) is 0 Å². The third-order valence-corrected chi connectivity index (χ3v) is 9.47. The number of aromatic hydroxyl groups is 2. The van der Waals surface area contributed by atoms with Gasteiger partial charge in [0.05, 0.1) is 6.04 Å². The first-order valence-corrected chi connectivity index (χ1v) is 16.9. The molecule has 1 fully saturated rings. The lowest BCUT2D eigenvalue weighted by atomic mass is 9.95. The molecule has 2 aliphatic rings. The lowest BCUT2D eigenvalue weighted by Crippen LogP contribution is -2.58. The van der Waals surface area contributed by atoms with Gasteiger partial charge >= 0.3 is 0 Å². The molecule has 2 aliphatic heterocycles. The summed E-state index contributed by atoms with van der Waals surface area (Å²) >= 11 is 0. The van der Waals surface area contributed by atoms with Crippen LogP contribution in [0, 0.1) is 0 Å². The Balaban J connectivity index is 1.77. The van der Waals surface area contributed by atoms with Gasteiger partial charge in [-0.25, -0.2) is 0 Å². The fraction of sp³-hybridized carbons (Fsp3) is 0.571. The molecular weight excluding hydrogens is 598 g/mol. The number of amides is 3. The summed E-state index contributed by atoms with van der Waals surface area (Å²) in [4.78, 5) is 46.2. The SMILES string of the molecule is CNCCC[C@@H]1NC(=O)[C@@H](NC)Cc2cc(ccc2O)-c2ccc(O)c(c2)C[C@@H](C(=O)N(CCNC)CC2CCCCN2C)NC1=O. The molecular formula is C35H53N7O5. The van der Waals surface area contributed by atoms with Crippen LogP contribution in [0.4, 0.5) is 0 Å². The maximum Gasteiger partial charge on any atom is 0.245 e. The Kier molecular flexibility index (Phi) is 13.4. The van der Waals surface area contributed by atoms with E-state index in [1.165, 1.54) is 0 Å². The van der Waals surface area contributed by atoms with Crippen molar-refractivity contribution in [1.82, 2.24) is 36.4 Å². The number of phenolic OH excluding ortho intramolecular Hbond substituents is 2. The van der Waals surface area contributed by atoms with E-state index >= 15 is 0 Å². The van der Waals surface area contributed by atoms with Crippen LogP contribution in [0.5, 0.6) is 11.5 Å². The Hall–Kier alpha value is -3.71. The van der Waals surface area contributed by atoms with E-state index in [4.69, 9.17) is 0 Å². The molecule has 12 nitrogen and oxygen atoms in total. The van der Waals surface area contributed by atoms with Gasteiger partial charge in [0.15, 0.2) is 0 Å². The zero-order chi connectivity index (χ0) is 33.9. The largest absolute Gasteiger partial charge is 0.508 e. The van der Waals surface area contributed by atoms with Crippen molar-refractivity contribution in [2.45, 2.75) is 69.1 Å². The maximum absolute atomic E-state index is 14.5. The van der Waals surface area contributed by atoms with Crippen molar-refractivity contribution in [3.8, 4) is 22.6 Å². The highest BCUT2D eigenvalue weighted by Gasteiger charge is 2.33. The standard InChI is InChI=1S/C35H53N7O5/c1-36-14-7-9-28-33(45)40-30(35(47)42(17-15-37-2)22-27-8-5-6-16-41(27)4)21-26-19-24(11-13-32(26)44)23-10-12-31(43)25(18-23)20-29(38-3)34(46)39-28/h10-13,18-19,27-30,36-38,43-44H,5-9,14-17,20-22H2,1-4H3,(H,39,46)(H,40,45)/t27?,28-,29-,30-/m0/s1. The molecule has 0 aliphatic carbocycles. The smallest absolute Gasteiger partial charge is 0.245 e. The van der Waals surface area contributed by atoms with Gasteiger partial charge in [0.25, 0.3) is 0 Å². The predicted molar refractivity (Wildman–Crippen MR) is 183 cm³/mol. The third kappa shape index (κ3) is 9.66. The van der Waals surface area contributed by atoms with Gasteiger partial charge in [0.2, 0.25) is 17.7 Å². The Morgan fingerprint density at radius 3 is 2.19 bits per heavy atom. The minimum atomic E-state index is -0.987. The molecule has 4 atom stereocenters. The number of carbonyl (C=O) groups excluding carboxylic acids is 3. The van der Waals surface area contributed by atoms with Crippen molar-refractivity contribution < 1.29 is 24.6 Å². The second kappa shape index (κ2) is 17.4. The quantitative estimate of drug-likeness (QED) is 0.176. The number of likely N-dealkylation sites (tertiary alicyclic amines) is 1. The molecule has 1 unspecified atom stereocenters. The average Bonchev–Trinajstić information content (AvgIpc) is 3.06. The van der Waals surface area contributed by atoms with Crippen LogP contribution in [0.3, 0.4) is 0 Å². The Morgan fingerprint density at radius 2 is 1.57 bits per heavy atom. The molecule has 258 valence electrons. The highest BCUT2D eigenvalue weighted by molar-refractivity contribution is 5.93. The average molecular weight is 652 g/mol. The van der Waals surface area contributed by atoms with Gasteiger partial charge in [0, 0.05) is 38.5 Å². The molecule has 4 bridgehead atoms. The van der Waals surface area contributed by atoms with Crippen LogP contribution in [0.15, 0.2) is 36.4 Å². The number of likely N-dealkylation sites (N-methyl/N-ethyl adjacent to an activating group) is 3. The first-order chi connectivity index (χ1) is 22.6. The van der Waals surface area contributed by atoms with Gasteiger partial charge < -0.3 is 46.6 Å². The van der Waals surface area contributed by atoms with Crippen molar-refractivity contribution in [2.75, 3.05) is 60.9 Å². The summed E-state index contributed by atoms with van der Waals surface area (Å²) in [6, 6.07) is 8.00. The fourth-order valence-corrected chi connectivity index (χ4v) is 6.51. The number of nitrogens with zero attached hydrogens (tertiary/aromatic N) is 2. The van der Waals surface area contributed by atoms with Gasteiger partial charge in [-0.3, -0.25) is 14.4 Å². The number of hydrogen-bond donors (Lipinski definition) is 7. The number of nitrogens with one attached hydrogen (secondary N) is 5. The second-order valence-corrected chi connectivity index (χ2v) is 12.8. The van der Waals surface area contributed by atoms with E-state index in [1.807, 2.05) is 31.1 Å². The van der Waals surface area contributed by atoms with Crippen LogP contribution < -0.4 is 26.6 Å². The van der Waals surface area contributed by atoms with E-state index in [1.54, 1.807) is 31.3 Å². The molecule has 1 saturated heterocycles. The van der Waals surface area contributed by atoms with Gasteiger partial charge in [-0.2, -0.15) is 0 Å². The number of carbonyl (C=O) groups is 3. The molecule has 0 aromatic heterocycles. The summed E-state index contributed by atoms with van der Waals surface area (Å²) in [5, 5.41) is 36.9. The van der Waals surface area contributed by atoms with Crippen molar-refractivity contribution in [3.05, 3.63) is 47.5 Å². The number of phenols is 2. The van der Waals surface area contributed by atoms with E-state index in [0.717, 1.165) is 36.9 Å². The van der Waals surface area contributed by atoms with Gasteiger partial charge in [-0.15, -0.1) is 0 Å². The van der Waals surface area contributed by atoms with Crippen LogP contribution in [0.25, 0.3) is 11.1 Å². The minimum absolute atomic E-state index is 0.0204. The molecule has 12 heteroatoms. The summed E-state index contributed by atoms with van der Waals surface area (Å²) in [6.45, 7) is 3.19. The molecule has 0 radical (unpaired) electrons. The van der Waals surface area contributed by atoms with Crippen molar-refractivity contribution in [3.63, 3.8) is 0 Å². The van der Waals surface area contributed by atoms with E-state index in [-0.39, 0.29) is 42.2 Å². The molecule has 2 heterocycles. The summed E-state index contributed by atoms with van der Waals surface area (Å²) < 4.78 is 0. The lowest BCUT2D eigenvalue weighted by Gasteiger charge is -2.37. The van der Waals surface area contributed by atoms with Crippen LogP contribution in [0.2, 0.25) is 0 Å². The first-order valence-electron chi connectivity index (χ1n) is 16.9. The van der Waals surface area contributed by atoms with E-state index in [9.17, 15) is 24.6 Å². The van der Waals surface area contributed by atoms with E-state index < -0.39 is 24.0 Å². The Labute approximate surface area is 278 Å². The lowest BCUT2D eigenvalue weighted by molar-refractivity contribution is -0.138. The van der Waals surface area contributed by atoms with Crippen LogP contribution in [0.1, 0.15) is 43.2 Å². The highest BCUT2D eigenvalue weighted by atomic mass is 16.3. The van der Waals surface area contributed by atoms with E-state index in [0.29, 0.717) is 50.1 Å². The number of hydrogen-bond acceptors (Lipinski definition) is 9. The summed E-state index contributed by atoms with van der Waals surface area (Å²) in [7, 11) is 7.42. The van der Waals surface area contributed by atoms with Gasteiger partial charge in [0.1, 0.15) is 23.6 Å². The first kappa shape index (κ1) is 36.1. The molecule has 3 amide bonds.